The van der Waals surface area contributed by atoms with Crippen LogP contribution in [0.25, 0.3) is 0 Å². The molecule has 0 aromatic rings. The number of urea groups is 1. The molecule has 112 valence electrons. The van der Waals surface area contributed by atoms with Gasteiger partial charge in [0.15, 0.2) is 0 Å². The third-order valence-electron chi connectivity index (χ3n) is 3.83. The fourth-order valence-electron chi connectivity index (χ4n) is 2.07. The minimum absolute atomic E-state index is 0.198. The summed E-state index contributed by atoms with van der Waals surface area (Å²) in [6.45, 7) is 3.66. The monoisotopic (exact) mass is 282 g/mol. The Morgan fingerprint density at radius 3 is 2.25 bits per heavy atom. The molecular weight excluding hydrogens is 260 g/mol. The number of imide groups is 1. The highest BCUT2D eigenvalue weighted by Gasteiger charge is 2.38. The predicted molar refractivity (Wildman–Crippen MR) is 72.0 cm³/mol. The van der Waals surface area contributed by atoms with E-state index < -0.39 is 17.3 Å². The molecule has 0 radical (unpaired) electrons. The normalized spacial score (nSPS) is 18.5. The number of nitrogens with zero attached hydrogens (tertiary/aromatic N) is 1. The van der Waals surface area contributed by atoms with Crippen LogP contribution in [0.2, 0.25) is 0 Å². The average molecular weight is 282 g/mol. The molecule has 20 heavy (non-hydrogen) atoms. The number of hydrogen-bond donors (Lipinski definition) is 2. The van der Waals surface area contributed by atoms with Crippen molar-refractivity contribution in [2.24, 2.45) is 11.3 Å². The lowest BCUT2D eigenvalue weighted by Crippen LogP contribution is -2.46. The van der Waals surface area contributed by atoms with Gasteiger partial charge in [0.05, 0.1) is 5.41 Å². The lowest BCUT2D eigenvalue weighted by molar-refractivity contribution is -0.149. The molecule has 2 fully saturated rings. The minimum atomic E-state index is -1.16. The predicted octanol–water partition coefficient (Wildman–Crippen LogP) is 1.60. The second kappa shape index (κ2) is 5.42. The van der Waals surface area contributed by atoms with Gasteiger partial charge in [-0.05, 0) is 45.4 Å². The van der Waals surface area contributed by atoms with Crippen molar-refractivity contribution >= 4 is 17.9 Å². The Morgan fingerprint density at radius 2 is 1.80 bits per heavy atom. The number of carbonyl (C=O) groups excluding carboxylic acids is 2. The Kier molecular flexibility index (Phi) is 4.01. The van der Waals surface area contributed by atoms with Gasteiger partial charge in [0, 0.05) is 19.0 Å². The number of amides is 3. The molecule has 2 saturated carbocycles. The van der Waals surface area contributed by atoms with E-state index in [0.29, 0.717) is 12.5 Å². The molecule has 0 bridgehead atoms. The molecule has 0 heterocycles. The maximum atomic E-state index is 12.1. The smallest absolute Gasteiger partial charge is 0.324 e. The van der Waals surface area contributed by atoms with Crippen LogP contribution in [-0.2, 0) is 9.59 Å². The van der Waals surface area contributed by atoms with E-state index in [2.05, 4.69) is 5.32 Å². The van der Waals surface area contributed by atoms with Crippen molar-refractivity contribution < 1.29 is 19.5 Å². The zero-order chi connectivity index (χ0) is 14.9. The van der Waals surface area contributed by atoms with Gasteiger partial charge in [0.25, 0.3) is 0 Å². The van der Waals surface area contributed by atoms with Crippen LogP contribution in [0.5, 0.6) is 0 Å². The first-order chi connectivity index (χ1) is 9.29. The fraction of sp³-hybridized carbons (Fsp3) is 0.786. The van der Waals surface area contributed by atoms with Crippen molar-refractivity contribution in [2.75, 3.05) is 6.54 Å². The molecular formula is C14H22N2O4. The Balaban J connectivity index is 1.85. The molecule has 2 aliphatic carbocycles. The van der Waals surface area contributed by atoms with Crippen LogP contribution < -0.4 is 5.32 Å². The number of carboxylic acids is 1. The van der Waals surface area contributed by atoms with Gasteiger partial charge in [-0.1, -0.05) is 0 Å². The maximum Gasteiger partial charge on any atom is 0.324 e. The van der Waals surface area contributed by atoms with E-state index in [0.717, 1.165) is 25.7 Å². The Labute approximate surface area is 118 Å². The van der Waals surface area contributed by atoms with Gasteiger partial charge in [-0.3, -0.25) is 14.9 Å². The van der Waals surface area contributed by atoms with Gasteiger partial charge >= 0.3 is 12.0 Å². The number of nitrogens with one attached hydrogen (secondary N) is 1. The summed E-state index contributed by atoms with van der Waals surface area (Å²) >= 11 is 0. The van der Waals surface area contributed by atoms with Crippen LogP contribution in [0, 0.1) is 11.3 Å². The van der Waals surface area contributed by atoms with Crippen LogP contribution in [0.4, 0.5) is 4.79 Å². The van der Waals surface area contributed by atoms with E-state index in [1.54, 1.807) is 4.90 Å². The SMILES string of the molecule is CC(C)(CC(=O)NC(=O)N(CC1CC1)C1CC1)C(=O)O. The second-order valence-electron chi connectivity index (χ2n) is 6.55. The van der Waals surface area contributed by atoms with Crippen LogP contribution in [0.15, 0.2) is 0 Å². The molecule has 0 saturated heterocycles. The standard InChI is InChI=1S/C14H22N2O4/c1-14(2,12(18)19)7-11(17)15-13(20)16(10-5-6-10)8-9-3-4-9/h9-10H,3-8H2,1-2H3,(H,18,19)(H,15,17,20). The molecule has 6 heteroatoms. The molecule has 0 atom stereocenters. The minimum Gasteiger partial charge on any atom is -0.481 e. The zero-order valence-electron chi connectivity index (χ0n) is 12.0. The van der Waals surface area contributed by atoms with E-state index in [1.165, 1.54) is 13.8 Å². The van der Waals surface area contributed by atoms with Gasteiger partial charge in [0.1, 0.15) is 0 Å². The average Bonchev–Trinajstić information content (AvgIpc) is 3.18. The number of rotatable bonds is 6. The lowest BCUT2D eigenvalue weighted by atomic mass is 9.89. The van der Waals surface area contributed by atoms with Gasteiger partial charge < -0.3 is 10.0 Å². The Hall–Kier alpha value is -1.59. The first kappa shape index (κ1) is 14.8. The summed E-state index contributed by atoms with van der Waals surface area (Å²) in [5.74, 6) is -0.993. The summed E-state index contributed by atoms with van der Waals surface area (Å²) in [4.78, 5) is 36.6. The highest BCUT2D eigenvalue weighted by Crippen LogP contribution is 2.34. The van der Waals surface area contributed by atoms with Crippen molar-refractivity contribution in [3.05, 3.63) is 0 Å². The number of carboxylic acid groups (broad SMARTS) is 1. The van der Waals surface area contributed by atoms with Gasteiger partial charge in [-0.2, -0.15) is 0 Å². The lowest BCUT2D eigenvalue weighted by Gasteiger charge is -2.23. The molecule has 6 nitrogen and oxygen atoms in total. The molecule has 0 aromatic heterocycles. The first-order valence-corrected chi connectivity index (χ1v) is 7.13. The van der Waals surface area contributed by atoms with Crippen LogP contribution in [0.3, 0.4) is 0 Å². The third-order valence-corrected chi connectivity index (χ3v) is 3.83. The highest BCUT2D eigenvalue weighted by molar-refractivity contribution is 5.96. The summed E-state index contributed by atoms with van der Waals surface area (Å²) in [6.07, 6.45) is 4.09. The van der Waals surface area contributed by atoms with Crippen LogP contribution in [0.1, 0.15) is 46.0 Å². The summed E-state index contributed by atoms with van der Waals surface area (Å²) in [7, 11) is 0. The van der Waals surface area contributed by atoms with Crippen molar-refractivity contribution in [3.63, 3.8) is 0 Å². The van der Waals surface area contributed by atoms with Crippen molar-refractivity contribution in [1.82, 2.24) is 10.2 Å². The molecule has 0 spiro atoms. The first-order valence-electron chi connectivity index (χ1n) is 7.13. The Morgan fingerprint density at radius 1 is 1.20 bits per heavy atom. The van der Waals surface area contributed by atoms with Gasteiger partial charge in [0.2, 0.25) is 5.91 Å². The molecule has 2 N–H and O–H groups in total. The summed E-state index contributed by atoms with van der Waals surface area (Å²) in [5.41, 5.74) is -1.16. The van der Waals surface area contributed by atoms with Crippen molar-refractivity contribution in [1.29, 1.82) is 0 Å². The summed E-state index contributed by atoms with van der Waals surface area (Å²) in [6, 6.07) is -0.110. The molecule has 2 rings (SSSR count). The van der Waals surface area contributed by atoms with E-state index in [-0.39, 0.29) is 18.5 Å². The van der Waals surface area contributed by atoms with Crippen LogP contribution >= 0.6 is 0 Å². The Bertz CT molecular complexity index is 425. The van der Waals surface area contributed by atoms with Gasteiger partial charge in [-0.25, -0.2) is 4.79 Å². The van der Waals surface area contributed by atoms with E-state index in [9.17, 15) is 14.4 Å². The second-order valence-corrected chi connectivity index (χ2v) is 6.55. The van der Waals surface area contributed by atoms with Gasteiger partial charge in [-0.15, -0.1) is 0 Å². The number of carbonyl (C=O) groups is 3. The van der Waals surface area contributed by atoms with E-state index in [4.69, 9.17) is 5.11 Å². The van der Waals surface area contributed by atoms with Crippen molar-refractivity contribution in [2.45, 2.75) is 52.0 Å². The van der Waals surface area contributed by atoms with Crippen LogP contribution in [-0.4, -0.2) is 40.5 Å². The molecule has 2 aliphatic rings. The highest BCUT2D eigenvalue weighted by atomic mass is 16.4. The number of aliphatic carboxylic acids is 1. The molecule has 3 amide bonds. The molecule has 0 aliphatic heterocycles. The topological polar surface area (TPSA) is 86.7 Å². The van der Waals surface area contributed by atoms with E-state index in [1.807, 2.05) is 0 Å². The maximum absolute atomic E-state index is 12.1. The number of hydrogen-bond acceptors (Lipinski definition) is 3. The largest absolute Gasteiger partial charge is 0.481 e. The van der Waals surface area contributed by atoms with Crippen molar-refractivity contribution in [3.8, 4) is 0 Å². The summed E-state index contributed by atoms with van der Waals surface area (Å²) < 4.78 is 0. The molecule has 0 aromatic carbocycles. The zero-order valence-corrected chi connectivity index (χ0v) is 12.0. The fourth-order valence-corrected chi connectivity index (χ4v) is 2.07. The molecule has 0 unspecified atom stereocenters. The quantitative estimate of drug-likeness (QED) is 0.774. The summed E-state index contributed by atoms with van der Waals surface area (Å²) in [5, 5.41) is 11.3. The van der Waals surface area contributed by atoms with E-state index >= 15 is 0 Å². The third kappa shape index (κ3) is 3.95.